The Morgan fingerprint density at radius 3 is 2.88 bits per heavy atom. The minimum Gasteiger partial charge on any atom is -0.337 e. The van der Waals surface area contributed by atoms with Crippen molar-refractivity contribution in [1.29, 1.82) is 0 Å². The number of hydrogen-bond donors (Lipinski definition) is 0. The zero-order valence-electron chi connectivity index (χ0n) is 13.7. The summed E-state index contributed by atoms with van der Waals surface area (Å²) in [5, 5.41) is 4.13. The molecular formula is C19H20N4O. The molecule has 1 unspecified atom stereocenters. The van der Waals surface area contributed by atoms with Crippen LogP contribution in [0.25, 0.3) is 11.4 Å². The fourth-order valence-electron chi connectivity index (χ4n) is 3.21. The van der Waals surface area contributed by atoms with E-state index in [9.17, 15) is 0 Å². The van der Waals surface area contributed by atoms with Crippen LogP contribution in [0.5, 0.6) is 0 Å². The third kappa shape index (κ3) is 3.08. The molecule has 1 aromatic carbocycles. The van der Waals surface area contributed by atoms with Crippen LogP contribution in [0, 0.1) is 6.92 Å². The molecule has 3 aromatic rings. The zero-order valence-corrected chi connectivity index (χ0v) is 13.7. The van der Waals surface area contributed by atoms with Gasteiger partial charge in [-0.15, -0.1) is 0 Å². The normalized spacial score (nSPS) is 18.1. The molecule has 1 atom stereocenters. The van der Waals surface area contributed by atoms with Crippen molar-refractivity contribution in [2.24, 2.45) is 0 Å². The Morgan fingerprint density at radius 2 is 2.08 bits per heavy atom. The molecule has 0 bridgehead atoms. The summed E-state index contributed by atoms with van der Waals surface area (Å²) in [4.78, 5) is 11.1. The molecule has 0 spiro atoms. The second-order valence-electron chi connectivity index (χ2n) is 6.31. The minimum atomic E-state index is 0.198. The van der Waals surface area contributed by atoms with E-state index >= 15 is 0 Å². The molecule has 4 rings (SSSR count). The Bertz CT molecular complexity index is 798. The highest BCUT2D eigenvalue weighted by Crippen LogP contribution is 2.33. The van der Waals surface area contributed by atoms with E-state index < -0.39 is 0 Å². The molecule has 1 aliphatic rings. The van der Waals surface area contributed by atoms with Gasteiger partial charge in [-0.05, 0) is 44.0 Å². The SMILES string of the molecule is Cc1ccc(CN2CCCC2c2nc(-c3cccnc3)no2)cc1. The average molecular weight is 320 g/mol. The van der Waals surface area contributed by atoms with Crippen molar-refractivity contribution in [3.63, 3.8) is 0 Å². The number of aryl methyl sites for hydroxylation is 1. The predicted molar refractivity (Wildman–Crippen MR) is 91.1 cm³/mol. The van der Waals surface area contributed by atoms with Gasteiger partial charge in [-0.2, -0.15) is 4.98 Å². The van der Waals surface area contributed by atoms with Crippen LogP contribution in [0.15, 0.2) is 53.3 Å². The Balaban J connectivity index is 1.52. The molecule has 1 fully saturated rings. The van der Waals surface area contributed by atoms with Gasteiger partial charge in [-0.1, -0.05) is 35.0 Å². The lowest BCUT2D eigenvalue weighted by Crippen LogP contribution is -2.23. The lowest BCUT2D eigenvalue weighted by Gasteiger charge is -2.21. The summed E-state index contributed by atoms with van der Waals surface area (Å²) in [5.41, 5.74) is 3.49. The molecule has 0 aliphatic carbocycles. The molecule has 2 aromatic heterocycles. The van der Waals surface area contributed by atoms with Gasteiger partial charge in [0.05, 0.1) is 6.04 Å². The molecule has 0 N–H and O–H groups in total. The first kappa shape index (κ1) is 15.0. The number of likely N-dealkylation sites (tertiary alicyclic amines) is 1. The number of hydrogen-bond acceptors (Lipinski definition) is 5. The fraction of sp³-hybridized carbons (Fsp3) is 0.316. The maximum absolute atomic E-state index is 5.56. The van der Waals surface area contributed by atoms with E-state index in [4.69, 9.17) is 4.52 Å². The quantitative estimate of drug-likeness (QED) is 0.732. The van der Waals surface area contributed by atoms with Gasteiger partial charge >= 0.3 is 0 Å². The lowest BCUT2D eigenvalue weighted by atomic mass is 10.1. The summed E-state index contributed by atoms with van der Waals surface area (Å²) in [7, 11) is 0. The van der Waals surface area contributed by atoms with Crippen LogP contribution in [0.3, 0.4) is 0 Å². The Kier molecular flexibility index (Phi) is 4.09. The van der Waals surface area contributed by atoms with Crippen LogP contribution in [-0.4, -0.2) is 26.6 Å². The van der Waals surface area contributed by atoms with E-state index in [0.717, 1.165) is 31.5 Å². The van der Waals surface area contributed by atoms with Gasteiger partial charge in [0.1, 0.15) is 0 Å². The van der Waals surface area contributed by atoms with Crippen molar-refractivity contribution in [1.82, 2.24) is 20.0 Å². The van der Waals surface area contributed by atoms with Crippen molar-refractivity contribution >= 4 is 0 Å². The highest BCUT2D eigenvalue weighted by Gasteiger charge is 2.30. The molecule has 1 saturated heterocycles. The topological polar surface area (TPSA) is 55.1 Å². The zero-order chi connectivity index (χ0) is 16.4. The third-order valence-electron chi connectivity index (χ3n) is 4.52. The maximum Gasteiger partial charge on any atom is 0.244 e. The van der Waals surface area contributed by atoms with Crippen molar-refractivity contribution in [2.75, 3.05) is 6.54 Å². The molecule has 122 valence electrons. The Hall–Kier alpha value is -2.53. The van der Waals surface area contributed by atoms with Crippen LogP contribution in [0.1, 0.15) is 35.9 Å². The molecule has 5 heteroatoms. The van der Waals surface area contributed by atoms with E-state index in [-0.39, 0.29) is 6.04 Å². The van der Waals surface area contributed by atoms with E-state index in [1.165, 1.54) is 11.1 Å². The summed E-state index contributed by atoms with van der Waals surface area (Å²) < 4.78 is 5.56. The van der Waals surface area contributed by atoms with Crippen molar-refractivity contribution in [3.05, 3.63) is 65.8 Å². The predicted octanol–water partition coefficient (Wildman–Crippen LogP) is 3.78. The monoisotopic (exact) mass is 320 g/mol. The van der Waals surface area contributed by atoms with Crippen LogP contribution >= 0.6 is 0 Å². The number of nitrogens with zero attached hydrogens (tertiary/aromatic N) is 4. The molecule has 3 heterocycles. The highest BCUT2D eigenvalue weighted by atomic mass is 16.5. The second-order valence-corrected chi connectivity index (χ2v) is 6.31. The number of pyridine rings is 1. The van der Waals surface area contributed by atoms with Crippen LogP contribution < -0.4 is 0 Å². The van der Waals surface area contributed by atoms with Crippen molar-refractivity contribution < 1.29 is 4.52 Å². The first-order valence-electron chi connectivity index (χ1n) is 8.33. The number of aromatic nitrogens is 3. The average Bonchev–Trinajstić information content (AvgIpc) is 3.27. The van der Waals surface area contributed by atoms with Gasteiger partial charge in [0.15, 0.2) is 0 Å². The molecular weight excluding hydrogens is 300 g/mol. The summed E-state index contributed by atoms with van der Waals surface area (Å²) in [6.07, 6.45) is 5.71. The highest BCUT2D eigenvalue weighted by molar-refractivity contribution is 5.51. The summed E-state index contributed by atoms with van der Waals surface area (Å²) in [5.74, 6) is 1.32. The van der Waals surface area contributed by atoms with Gasteiger partial charge in [0.2, 0.25) is 11.7 Å². The van der Waals surface area contributed by atoms with E-state index in [1.807, 2.05) is 12.1 Å². The number of benzene rings is 1. The summed E-state index contributed by atoms with van der Waals surface area (Å²) >= 11 is 0. The Labute approximate surface area is 141 Å². The van der Waals surface area contributed by atoms with E-state index in [0.29, 0.717) is 11.7 Å². The fourth-order valence-corrected chi connectivity index (χ4v) is 3.21. The van der Waals surface area contributed by atoms with Crippen molar-refractivity contribution in [3.8, 4) is 11.4 Å². The minimum absolute atomic E-state index is 0.198. The van der Waals surface area contributed by atoms with Crippen LogP contribution in [0.2, 0.25) is 0 Å². The number of rotatable bonds is 4. The maximum atomic E-state index is 5.56. The standard InChI is InChI=1S/C19H20N4O/c1-14-6-8-15(9-7-14)13-23-11-3-5-17(23)19-21-18(22-24-19)16-4-2-10-20-12-16/h2,4,6-10,12,17H,3,5,11,13H2,1H3. The van der Waals surface area contributed by atoms with Gasteiger partial charge < -0.3 is 4.52 Å². The summed E-state index contributed by atoms with van der Waals surface area (Å²) in [6.45, 7) is 4.08. The lowest BCUT2D eigenvalue weighted by molar-refractivity contribution is 0.201. The van der Waals surface area contributed by atoms with Gasteiger partial charge in [0.25, 0.3) is 0 Å². The summed E-state index contributed by atoms with van der Waals surface area (Å²) in [6, 6.07) is 12.7. The molecule has 24 heavy (non-hydrogen) atoms. The van der Waals surface area contributed by atoms with Gasteiger partial charge in [0, 0.05) is 24.5 Å². The van der Waals surface area contributed by atoms with Crippen molar-refractivity contribution in [2.45, 2.75) is 32.4 Å². The Morgan fingerprint density at radius 1 is 1.21 bits per heavy atom. The van der Waals surface area contributed by atoms with E-state index in [2.05, 4.69) is 51.2 Å². The largest absolute Gasteiger partial charge is 0.337 e. The first-order chi connectivity index (χ1) is 11.8. The van der Waals surface area contributed by atoms with E-state index in [1.54, 1.807) is 12.4 Å². The third-order valence-corrected chi connectivity index (χ3v) is 4.52. The molecule has 0 radical (unpaired) electrons. The van der Waals surface area contributed by atoms with Crippen LogP contribution in [0.4, 0.5) is 0 Å². The van der Waals surface area contributed by atoms with Crippen LogP contribution in [-0.2, 0) is 6.54 Å². The second kappa shape index (κ2) is 6.53. The van der Waals surface area contributed by atoms with Gasteiger partial charge in [-0.25, -0.2) is 0 Å². The first-order valence-corrected chi connectivity index (χ1v) is 8.33. The van der Waals surface area contributed by atoms with Gasteiger partial charge in [-0.3, -0.25) is 9.88 Å². The molecule has 5 nitrogen and oxygen atoms in total. The molecule has 0 saturated carbocycles. The molecule has 0 amide bonds. The molecule has 1 aliphatic heterocycles. The smallest absolute Gasteiger partial charge is 0.244 e.